The number of carbonyl (C=O) groups is 2. The number of nitrogens with one attached hydrogen (secondary N) is 1. The molecule has 3 rings (SSSR count). The minimum Gasteiger partial charge on any atom is -0.545 e. The largest absolute Gasteiger partial charge is 0.573 e. The number of fused-ring (bicyclic) bond motifs is 1. The van der Waals surface area contributed by atoms with Crippen LogP contribution < -0.4 is 19.9 Å². The van der Waals surface area contributed by atoms with Gasteiger partial charge in [0.1, 0.15) is 11.3 Å². The molecule has 1 unspecified atom stereocenters. The number of aromatic carboxylic acids is 1. The maximum atomic E-state index is 12.6. The van der Waals surface area contributed by atoms with Crippen LogP contribution in [-0.2, 0) is 6.54 Å². The SMILES string of the molecule is COc1c2ccc(C(=O)[O-])cc2nn1CC(C)(C#N)NC(=O)c1ccc(OC(F)(F)F)cc1. The smallest absolute Gasteiger partial charge is 0.545 e. The van der Waals surface area contributed by atoms with Crippen molar-refractivity contribution < 1.29 is 37.3 Å². The third kappa shape index (κ3) is 5.32. The zero-order valence-corrected chi connectivity index (χ0v) is 17.3. The van der Waals surface area contributed by atoms with Gasteiger partial charge in [0, 0.05) is 5.56 Å². The van der Waals surface area contributed by atoms with Gasteiger partial charge in [-0.3, -0.25) is 4.79 Å². The molecule has 0 fully saturated rings. The van der Waals surface area contributed by atoms with Crippen LogP contribution in [0.2, 0.25) is 0 Å². The topological polar surface area (TPSA) is 129 Å². The molecule has 1 aromatic heterocycles. The lowest BCUT2D eigenvalue weighted by atomic mass is 10.0. The second kappa shape index (κ2) is 8.70. The van der Waals surface area contributed by atoms with E-state index in [1.165, 1.54) is 36.9 Å². The molecule has 3 aromatic rings. The average molecular weight is 461 g/mol. The number of ether oxygens (including phenoxy) is 2. The molecule has 12 heteroatoms. The number of carboxylic acids is 1. The highest BCUT2D eigenvalue weighted by atomic mass is 19.4. The van der Waals surface area contributed by atoms with E-state index < -0.39 is 29.5 Å². The van der Waals surface area contributed by atoms with Crippen molar-refractivity contribution in [2.75, 3.05) is 7.11 Å². The number of aromatic nitrogens is 2. The Morgan fingerprint density at radius 3 is 2.36 bits per heavy atom. The molecule has 172 valence electrons. The summed E-state index contributed by atoms with van der Waals surface area (Å²) in [6.07, 6.45) is -4.86. The maximum Gasteiger partial charge on any atom is 0.573 e. The fraction of sp³-hybridized carbons (Fsp3) is 0.238. The first-order valence-electron chi connectivity index (χ1n) is 9.30. The fourth-order valence-corrected chi connectivity index (χ4v) is 3.09. The molecule has 1 atom stereocenters. The van der Waals surface area contributed by atoms with E-state index in [2.05, 4.69) is 15.2 Å². The Morgan fingerprint density at radius 1 is 1.18 bits per heavy atom. The highest BCUT2D eigenvalue weighted by Crippen LogP contribution is 2.28. The van der Waals surface area contributed by atoms with Crippen LogP contribution in [0.4, 0.5) is 13.2 Å². The molecule has 0 spiro atoms. The van der Waals surface area contributed by atoms with E-state index in [4.69, 9.17) is 4.74 Å². The van der Waals surface area contributed by atoms with Crippen molar-refractivity contribution in [3.05, 3.63) is 53.6 Å². The van der Waals surface area contributed by atoms with Gasteiger partial charge in [-0.05, 0) is 48.9 Å². The van der Waals surface area contributed by atoms with Crippen LogP contribution in [0.5, 0.6) is 11.6 Å². The number of hydrogen-bond donors (Lipinski definition) is 1. The number of rotatable bonds is 7. The highest BCUT2D eigenvalue weighted by molar-refractivity contribution is 5.95. The number of amides is 1. The molecule has 0 saturated heterocycles. The number of carboxylic acid groups (broad SMARTS) is 1. The van der Waals surface area contributed by atoms with Gasteiger partial charge in [0.05, 0.1) is 36.6 Å². The predicted molar refractivity (Wildman–Crippen MR) is 105 cm³/mol. The molecule has 2 aromatic carbocycles. The van der Waals surface area contributed by atoms with Gasteiger partial charge < -0.3 is 24.7 Å². The summed E-state index contributed by atoms with van der Waals surface area (Å²) in [4.78, 5) is 23.7. The Bertz CT molecular complexity index is 1250. The predicted octanol–water partition coefficient (Wildman–Crippen LogP) is 2.02. The van der Waals surface area contributed by atoms with Crippen LogP contribution >= 0.6 is 0 Å². The zero-order valence-electron chi connectivity index (χ0n) is 17.3. The van der Waals surface area contributed by atoms with Crippen LogP contribution in [0, 0.1) is 11.3 Å². The summed E-state index contributed by atoms with van der Waals surface area (Å²) in [6.45, 7) is 1.24. The minimum absolute atomic E-state index is 0.00203. The van der Waals surface area contributed by atoms with Crippen molar-refractivity contribution in [3.63, 3.8) is 0 Å². The first kappa shape index (κ1) is 23.4. The average Bonchev–Trinajstić information content (AvgIpc) is 3.08. The number of nitrogens with zero attached hydrogens (tertiary/aromatic N) is 3. The van der Waals surface area contributed by atoms with E-state index in [1.54, 1.807) is 0 Å². The van der Waals surface area contributed by atoms with Crippen molar-refractivity contribution in [1.29, 1.82) is 5.26 Å². The molecule has 33 heavy (non-hydrogen) atoms. The van der Waals surface area contributed by atoms with Gasteiger partial charge in [0.2, 0.25) is 5.88 Å². The Hall–Kier alpha value is -4.27. The molecule has 9 nitrogen and oxygen atoms in total. The number of carbonyl (C=O) groups excluding carboxylic acids is 2. The van der Waals surface area contributed by atoms with Crippen LogP contribution in [0.25, 0.3) is 10.9 Å². The number of hydrogen-bond acceptors (Lipinski definition) is 7. The highest BCUT2D eigenvalue weighted by Gasteiger charge is 2.32. The monoisotopic (exact) mass is 461 g/mol. The standard InChI is InChI=1S/C21H17F3N4O5/c1-20(10-25,26-17(29)12-3-6-14(7-4-12)33-21(22,23)24)11-28-18(32-2)15-8-5-13(19(30)31)9-16(15)27-28/h3-9H,11H2,1-2H3,(H,26,29)(H,30,31)/p-1. The number of alkyl halides is 3. The number of halogens is 3. The molecule has 1 heterocycles. The molecule has 0 aliphatic rings. The van der Waals surface area contributed by atoms with Crippen molar-refractivity contribution >= 4 is 22.8 Å². The molecular formula is C21H16F3N4O5-. The van der Waals surface area contributed by atoms with Crippen molar-refractivity contribution in [3.8, 4) is 17.7 Å². The number of methoxy groups -OCH3 is 1. The number of nitriles is 1. The van der Waals surface area contributed by atoms with Gasteiger partial charge in [-0.25, -0.2) is 4.68 Å². The van der Waals surface area contributed by atoms with Gasteiger partial charge in [-0.1, -0.05) is 6.07 Å². The molecule has 0 radical (unpaired) electrons. The second-order valence-electron chi connectivity index (χ2n) is 7.16. The summed E-state index contributed by atoms with van der Waals surface area (Å²) in [5, 5.41) is 28.0. The van der Waals surface area contributed by atoms with Gasteiger partial charge in [0.25, 0.3) is 5.91 Å². The normalized spacial score (nSPS) is 13.1. The summed E-state index contributed by atoms with van der Waals surface area (Å²) in [5.41, 5.74) is -1.32. The van der Waals surface area contributed by atoms with E-state index in [0.29, 0.717) is 5.39 Å². The van der Waals surface area contributed by atoms with Crippen LogP contribution in [0.3, 0.4) is 0 Å². The Morgan fingerprint density at radius 2 is 1.82 bits per heavy atom. The molecule has 0 aliphatic carbocycles. The van der Waals surface area contributed by atoms with Crippen LogP contribution in [-0.4, -0.2) is 40.7 Å². The summed E-state index contributed by atoms with van der Waals surface area (Å²) in [5.74, 6) is -2.36. The zero-order chi connectivity index (χ0) is 24.4. The lowest BCUT2D eigenvalue weighted by molar-refractivity contribution is -0.274. The van der Waals surface area contributed by atoms with E-state index in [9.17, 15) is 33.1 Å². The lowest BCUT2D eigenvalue weighted by Crippen LogP contribution is -2.48. The minimum atomic E-state index is -4.86. The van der Waals surface area contributed by atoms with Crippen molar-refractivity contribution in [2.45, 2.75) is 25.4 Å². The van der Waals surface area contributed by atoms with Gasteiger partial charge in [-0.2, -0.15) is 10.4 Å². The van der Waals surface area contributed by atoms with Gasteiger partial charge in [0.15, 0.2) is 0 Å². The molecule has 0 bridgehead atoms. The summed E-state index contributed by atoms with van der Waals surface area (Å²) in [6, 6.07) is 10.3. The van der Waals surface area contributed by atoms with Crippen LogP contribution in [0.1, 0.15) is 27.6 Å². The van der Waals surface area contributed by atoms with E-state index in [1.807, 2.05) is 6.07 Å². The summed E-state index contributed by atoms with van der Waals surface area (Å²) < 4.78 is 47.3. The molecule has 1 N–H and O–H groups in total. The van der Waals surface area contributed by atoms with E-state index >= 15 is 0 Å². The molecule has 1 amide bonds. The number of benzene rings is 2. The quantitative estimate of drug-likeness (QED) is 0.570. The van der Waals surface area contributed by atoms with Gasteiger partial charge in [-0.15, -0.1) is 13.2 Å². The van der Waals surface area contributed by atoms with Gasteiger partial charge >= 0.3 is 6.36 Å². The van der Waals surface area contributed by atoms with E-state index in [0.717, 1.165) is 24.3 Å². The first-order valence-corrected chi connectivity index (χ1v) is 9.30. The lowest BCUT2D eigenvalue weighted by Gasteiger charge is -2.24. The van der Waals surface area contributed by atoms with E-state index in [-0.39, 0.29) is 29.1 Å². The second-order valence-corrected chi connectivity index (χ2v) is 7.16. The Kier molecular flexibility index (Phi) is 6.17. The Labute approximate surface area is 184 Å². The van der Waals surface area contributed by atoms with Crippen molar-refractivity contribution in [2.24, 2.45) is 0 Å². The Balaban J connectivity index is 1.83. The molecule has 0 aliphatic heterocycles. The molecule has 0 saturated carbocycles. The fourth-order valence-electron chi connectivity index (χ4n) is 3.09. The summed E-state index contributed by atoms with van der Waals surface area (Å²) in [7, 11) is 1.37. The first-order chi connectivity index (χ1) is 15.4. The third-order valence-electron chi connectivity index (χ3n) is 4.57. The third-order valence-corrected chi connectivity index (χ3v) is 4.57. The van der Waals surface area contributed by atoms with Crippen LogP contribution in [0.15, 0.2) is 42.5 Å². The maximum absolute atomic E-state index is 12.6. The molecular weight excluding hydrogens is 445 g/mol. The summed E-state index contributed by atoms with van der Waals surface area (Å²) >= 11 is 0. The van der Waals surface area contributed by atoms with Crippen molar-refractivity contribution in [1.82, 2.24) is 15.1 Å².